The van der Waals surface area contributed by atoms with Gasteiger partial charge in [-0.2, -0.15) is 0 Å². The SMILES string of the molecule is Cc1cc(NC(=O)CCNc2ccc3c(c2)OCCO3)ccc1Br. The Morgan fingerprint density at radius 1 is 1.08 bits per heavy atom. The summed E-state index contributed by atoms with van der Waals surface area (Å²) in [6.07, 6.45) is 0.379. The molecule has 6 heteroatoms. The molecule has 3 rings (SSSR count). The first-order chi connectivity index (χ1) is 11.6. The zero-order chi connectivity index (χ0) is 16.9. The first kappa shape index (κ1) is 16.6. The lowest BCUT2D eigenvalue weighted by Gasteiger charge is -2.19. The molecule has 0 bridgehead atoms. The van der Waals surface area contributed by atoms with Gasteiger partial charge in [0.2, 0.25) is 5.91 Å². The number of nitrogens with one attached hydrogen (secondary N) is 2. The predicted octanol–water partition coefficient (Wildman–Crippen LogP) is 3.97. The summed E-state index contributed by atoms with van der Waals surface area (Å²) in [5, 5.41) is 6.13. The molecule has 1 aliphatic heterocycles. The number of ether oxygens (including phenoxy) is 2. The van der Waals surface area contributed by atoms with E-state index in [2.05, 4.69) is 26.6 Å². The van der Waals surface area contributed by atoms with E-state index >= 15 is 0 Å². The molecule has 0 saturated carbocycles. The Kier molecular flexibility index (Phi) is 5.25. The lowest BCUT2D eigenvalue weighted by atomic mass is 10.2. The molecule has 0 atom stereocenters. The Balaban J connectivity index is 1.49. The van der Waals surface area contributed by atoms with Gasteiger partial charge < -0.3 is 20.1 Å². The summed E-state index contributed by atoms with van der Waals surface area (Å²) in [6.45, 7) is 3.67. The van der Waals surface area contributed by atoms with Crippen LogP contribution in [0.15, 0.2) is 40.9 Å². The van der Waals surface area contributed by atoms with Crippen LogP contribution in [-0.2, 0) is 4.79 Å². The lowest BCUT2D eigenvalue weighted by molar-refractivity contribution is -0.115. The van der Waals surface area contributed by atoms with Crippen LogP contribution in [0.3, 0.4) is 0 Å². The van der Waals surface area contributed by atoms with Crippen LogP contribution in [0.25, 0.3) is 0 Å². The van der Waals surface area contributed by atoms with Crippen molar-refractivity contribution < 1.29 is 14.3 Å². The van der Waals surface area contributed by atoms with Gasteiger partial charge in [-0.15, -0.1) is 0 Å². The van der Waals surface area contributed by atoms with E-state index in [0.29, 0.717) is 26.2 Å². The zero-order valence-corrected chi connectivity index (χ0v) is 15.0. The van der Waals surface area contributed by atoms with Crippen LogP contribution in [-0.4, -0.2) is 25.7 Å². The Morgan fingerprint density at radius 3 is 2.62 bits per heavy atom. The van der Waals surface area contributed by atoms with E-state index in [-0.39, 0.29) is 5.91 Å². The van der Waals surface area contributed by atoms with Crippen LogP contribution < -0.4 is 20.1 Å². The topological polar surface area (TPSA) is 59.6 Å². The van der Waals surface area contributed by atoms with Crippen molar-refractivity contribution in [2.24, 2.45) is 0 Å². The molecule has 2 aromatic rings. The summed E-state index contributed by atoms with van der Waals surface area (Å²) >= 11 is 3.45. The molecule has 2 aromatic carbocycles. The Labute approximate surface area is 149 Å². The molecule has 1 aliphatic rings. The fourth-order valence-electron chi connectivity index (χ4n) is 2.42. The maximum atomic E-state index is 12.0. The molecular weight excluding hydrogens is 372 g/mol. The molecule has 5 nitrogen and oxygen atoms in total. The van der Waals surface area contributed by atoms with E-state index in [4.69, 9.17) is 9.47 Å². The van der Waals surface area contributed by atoms with Crippen molar-refractivity contribution in [2.45, 2.75) is 13.3 Å². The summed E-state index contributed by atoms with van der Waals surface area (Å²) < 4.78 is 12.1. The maximum Gasteiger partial charge on any atom is 0.226 e. The minimum Gasteiger partial charge on any atom is -0.486 e. The Bertz CT molecular complexity index is 749. The highest BCUT2D eigenvalue weighted by molar-refractivity contribution is 9.10. The maximum absolute atomic E-state index is 12.0. The highest BCUT2D eigenvalue weighted by Crippen LogP contribution is 2.32. The van der Waals surface area contributed by atoms with Crippen LogP contribution in [0, 0.1) is 6.92 Å². The van der Waals surface area contributed by atoms with Crippen LogP contribution >= 0.6 is 15.9 Å². The van der Waals surface area contributed by atoms with Gasteiger partial charge in [0.25, 0.3) is 0 Å². The number of carbonyl (C=O) groups excluding carboxylic acids is 1. The normalized spacial score (nSPS) is 12.6. The highest BCUT2D eigenvalue weighted by Gasteiger charge is 2.11. The fourth-order valence-corrected chi connectivity index (χ4v) is 2.67. The largest absolute Gasteiger partial charge is 0.486 e. The van der Waals surface area contributed by atoms with E-state index in [1.807, 2.05) is 43.3 Å². The summed E-state index contributed by atoms with van der Waals surface area (Å²) in [7, 11) is 0. The number of hydrogen-bond acceptors (Lipinski definition) is 4. The summed E-state index contributed by atoms with van der Waals surface area (Å²) in [5.74, 6) is 1.47. The fraction of sp³-hybridized carbons (Fsp3) is 0.278. The predicted molar refractivity (Wildman–Crippen MR) is 98.0 cm³/mol. The first-order valence-corrected chi connectivity index (χ1v) is 8.60. The van der Waals surface area contributed by atoms with Gasteiger partial charge in [-0.1, -0.05) is 15.9 Å². The second-order valence-electron chi connectivity index (χ2n) is 5.55. The smallest absolute Gasteiger partial charge is 0.226 e. The lowest BCUT2D eigenvalue weighted by Crippen LogP contribution is -2.17. The second-order valence-corrected chi connectivity index (χ2v) is 6.40. The van der Waals surface area contributed by atoms with Crippen molar-refractivity contribution in [3.63, 3.8) is 0 Å². The van der Waals surface area contributed by atoms with Crippen molar-refractivity contribution in [1.29, 1.82) is 0 Å². The molecule has 24 heavy (non-hydrogen) atoms. The van der Waals surface area contributed by atoms with Gasteiger partial charge in [-0.3, -0.25) is 4.79 Å². The van der Waals surface area contributed by atoms with Crippen molar-refractivity contribution in [3.8, 4) is 11.5 Å². The molecule has 0 fully saturated rings. The van der Waals surface area contributed by atoms with Gasteiger partial charge in [0.05, 0.1) is 0 Å². The summed E-state index contributed by atoms with van der Waals surface area (Å²) in [6, 6.07) is 11.4. The molecule has 0 aromatic heterocycles. The van der Waals surface area contributed by atoms with E-state index < -0.39 is 0 Å². The third kappa shape index (κ3) is 4.20. The van der Waals surface area contributed by atoms with Gasteiger partial charge in [-0.05, 0) is 42.8 Å². The second kappa shape index (κ2) is 7.57. The van der Waals surface area contributed by atoms with Crippen molar-refractivity contribution in [2.75, 3.05) is 30.4 Å². The minimum absolute atomic E-state index is 0.0261. The molecule has 0 saturated heterocycles. The molecule has 0 spiro atoms. The molecule has 126 valence electrons. The average Bonchev–Trinajstić information content (AvgIpc) is 2.58. The van der Waals surface area contributed by atoms with Gasteiger partial charge in [0, 0.05) is 34.9 Å². The third-order valence-electron chi connectivity index (χ3n) is 3.67. The molecule has 0 aliphatic carbocycles. The van der Waals surface area contributed by atoms with Crippen LogP contribution in [0.5, 0.6) is 11.5 Å². The Hall–Kier alpha value is -2.21. The number of fused-ring (bicyclic) bond motifs is 1. The molecule has 1 amide bonds. The molecule has 2 N–H and O–H groups in total. The molecule has 0 unspecified atom stereocenters. The number of amides is 1. The number of carbonyl (C=O) groups is 1. The summed E-state index contributed by atoms with van der Waals surface area (Å²) in [4.78, 5) is 12.0. The number of aryl methyl sites for hydroxylation is 1. The van der Waals surface area contributed by atoms with Crippen LogP contribution in [0.2, 0.25) is 0 Å². The molecule has 0 radical (unpaired) electrons. The number of hydrogen-bond donors (Lipinski definition) is 2. The van der Waals surface area contributed by atoms with Crippen LogP contribution in [0.1, 0.15) is 12.0 Å². The minimum atomic E-state index is -0.0261. The van der Waals surface area contributed by atoms with E-state index in [9.17, 15) is 4.79 Å². The van der Waals surface area contributed by atoms with E-state index in [1.54, 1.807) is 0 Å². The number of anilines is 2. The van der Waals surface area contributed by atoms with Gasteiger partial charge in [0.15, 0.2) is 11.5 Å². The molecule has 1 heterocycles. The number of benzene rings is 2. The van der Waals surface area contributed by atoms with E-state index in [0.717, 1.165) is 32.9 Å². The number of rotatable bonds is 5. The monoisotopic (exact) mass is 390 g/mol. The summed E-state index contributed by atoms with van der Waals surface area (Å²) in [5.41, 5.74) is 2.80. The van der Waals surface area contributed by atoms with Crippen molar-refractivity contribution in [3.05, 3.63) is 46.4 Å². The zero-order valence-electron chi connectivity index (χ0n) is 13.4. The highest BCUT2D eigenvalue weighted by atomic mass is 79.9. The van der Waals surface area contributed by atoms with Crippen molar-refractivity contribution in [1.82, 2.24) is 0 Å². The quantitative estimate of drug-likeness (QED) is 0.810. The standard InChI is InChI=1S/C18H19BrN2O3/c1-12-10-14(2-4-15(12)19)21-18(22)6-7-20-13-3-5-16-17(11-13)24-9-8-23-16/h2-5,10-11,20H,6-9H2,1H3,(H,21,22). The van der Waals surface area contributed by atoms with Crippen LogP contribution in [0.4, 0.5) is 11.4 Å². The Morgan fingerprint density at radius 2 is 1.83 bits per heavy atom. The van der Waals surface area contributed by atoms with Gasteiger partial charge in [-0.25, -0.2) is 0 Å². The van der Waals surface area contributed by atoms with Gasteiger partial charge >= 0.3 is 0 Å². The number of halogens is 1. The molecular formula is C18H19BrN2O3. The first-order valence-electron chi connectivity index (χ1n) is 7.81. The van der Waals surface area contributed by atoms with Gasteiger partial charge in [0.1, 0.15) is 13.2 Å². The third-order valence-corrected chi connectivity index (χ3v) is 4.55. The van der Waals surface area contributed by atoms with E-state index in [1.165, 1.54) is 0 Å². The van der Waals surface area contributed by atoms with Crippen molar-refractivity contribution >= 4 is 33.2 Å². The average molecular weight is 391 g/mol.